The first-order chi connectivity index (χ1) is 45.7. The number of rotatable bonds is 12. The van der Waals surface area contributed by atoms with Crippen molar-refractivity contribution in [3.8, 4) is 0 Å². The zero-order valence-corrected chi connectivity index (χ0v) is 58.9. The number of aliphatic hydroxyl groups is 1. The van der Waals surface area contributed by atoms with Gasteiger partial charge in [-0.3, -0.25) is 57.6 Å². The van der Waals surface area contributed by atoms with Crippen molar-refractivity contribution in [2.75, 3.05) is 102 Å². The highest BCUT2D eigenvalue weighted by atomic mass is 35.5. The van der Waals surface area contributed by atoms with Gasteiger partial charge >= 0.3 is 12.2 Å². The molecular formula is C67H102ClF3N12O14. The van der Waals surface area contributed by atoms with E-state index in [1.807, 2.05) is 13.8 Å². The number of hydrogen-bond donors (Lipinski definition) is 4. The fourth-order valence-corrected chi connectivity index (χ4v) is 14.2. The lowest BCUT2D eigenvalue weighted by Gasteiger charge is -2.43. The number of benzene rings is 1. The van der Waals surface area contributed by atoms with Gasteiger partial charge in [-0.15, -0.1) is 0 Å². The maximum Gasteiger partial charge on any atom is 0.417 e. The molecule has 0 radical (unpaired) electrons. The molecule has 3 saturated heterocycles. The van der Waals surface area contributed by atoms with Gasteiger partial charge in [-0.1, -0.05) is 83.9 Å². The Morgan fingerprint density at radius 3 is 1.96 bits per heavy atom. The Balaban J connectivity index is 1.45. The predicted octanol–water partition coefficient (Wildman–Crippen LogP) is 3.67. The Morgan fingerprint density at radius 1 is 0.732 bits per heavy atom. The number of nitrogens with one attached hydrogen (secondary N) is 3. The van der Waals surface area contributed by atoms with E-state index in [1.165, 1.54) is 57.0 Å². The van der Waals surface area contributed by atoms with Crippen molar-refractivity contribution in [1.82, 2.24) is 60.0 Å². The molecule has 3 heterocycles. The Labute approximate surface area is 572 Å². The van der Waals surface area contributed by atoms with E-state index in [0.29, 0.717) is 75.8 Å². The molecule has 13 amide bonds. The van der Waals surface area contributed by atoms with Crippen LogP contribution < -0.4 is 16.0 Å². The number of carbonyl (C=O) groups excluding carboxylic acids is 12. The first kappa shape index (κ1) is 78.9. The number of nitrogens with zero attached hydrogens (tertiary/aromatic N) is 9. The summed E-state index contributed by atoms with van der Waals surface area (Å²) in [5.41, 5.74) is -2.55. The third-order valence-electron chi connectivity index (χ3n) is 20.0. The number of aryl methyl sites for hydroxylation is 1. The summed E-state index contributed by atoms with van der Waals surface area (Å²) in [4.78, 5) is 187. The Bertz CT molecular complexity index is 3020. The normalized spacial score (nSPS) is 26.1. The molecule has 8 atom stereocenters. The molecule has 0 bridgehead atoms. The molecule has 3 aliphatic heterocycles. The number of ether oxygens (including phenoxy) is 1. The molecule has 5 aliphatic rings. The first-order valence-electron chi connectivity index (χ1n) is 34.1. The van der Waals surface area contributed by atoms with Gasteiger partial charge < -0.3 is 65.0 Å². The second kappa shape index (κ2) is 35.1. The number of carbonyl (C=O) groups is 12. The molecule has 26 nitrogen and oxygen atoms in total. The fourth-order valence-electron chi connectivity index (χ4n) is 13.9. The van der Waals surface area contributed by atoms with Gasteiger partial charge in [-0.2, -0.15) is 13.2 Å². The lowest BCUT2D eigenvalue weighted by Crippen LogP contribution is -2.65. The van der Waals surface area contributed by atoms with Gasteiger partial charge in [0, 0.05) is 75.4 Å². The maximum atomic E-state index is 15.8. The van der Waals surface area contributed by atoms with Crippen LogP contribution in [0, 0.1) is 17.8 Å². The summed E-state index contributed by atoms with van der Waals surface area (Å²) in [7, 11) is 9.23. The Morgan fingerprint density at radius 2 is 1.36 bits per heavy atom. The van der Waals surface area contributed by atoms with Crippen LogP contribution in [0.2, 0.25) is 5.02 Å². The SMILES string of the molecule is CC[C@H](C)[C@@H]1NC(=O)[C@H](CC(C)C)N(C)C(=O)C[C@@H](C(=O)N2CCCCC2)N(C)C(=O)C(C2CCCCC2)N(C)C(=O)C2(CCCC2)NC(=O)[C@@H]2C[C@H](OCCO)CN2C(=O)[C@H](CCc2ccc(C(F)(F)F)c(Cl)c2)NC(=O)CN(C)C(=O)N(C)C(=O)CN(C)C(=O)CN(C)C1=O. The molecule has 1 aromatic rings. The minimum absolute atomic E-state index is 0.107. The van der Waals surface area contributed by atoms with Crippen LogP contribution >= 0.6 is 11.6 Å². The van der Waals surface area contributed by atoms with Gasteiger partial charge in [0.25, 0.3) is 0 Å². The number of imide groups is 1. The second-order valence-corrected chi connectivity index (χ2v) is 28.0. The Kier molecular flexibility index (Phi) is 28.5. The number of fused-ring (bicyclic) bond motifs is 1. The van der Waals surface area contributed by atoms with Crippen LogP contribution in [-0.4, -0.2) is 270 Å². The van der Waals surface area contributed by atoms with E-state index in [0.717, 1.165) is 57.7 Å². The molecule has 2 aliphatic carbocycles. The summed E-state index contributed by atoms with van der Waals surface area (Å²) in [5.74, 6) is -9.23. The number of halogens is 4. The van der Waals surface area contributed by atoms with Crippen molar-refractivity contribution in [3.63, 3.8) is 0 Å². The number of likely N-dealkylation sites (tertiary alicyclic amines) is 1. The van der Waals surface area contributed by atoms with E-state index < -0.39 is 180 Å². The molecule has 4 N–H and O–H groups in total. The van der Waals surface area contributed by atoms with Crippen molar-refractivity contribution in [2.45, 2.75) is 197 Å². The van der Waals surface area contributed by atoms with Crippen LogP contribution in [0.15, 0.2) is 18.2 Å². The van der Waals surface area contributed by atoms with Crippen molar-refractivity contribution in [1.29, 1.82) is 0 Å². The van der Waals surface area contributed by atoms with Gasteiger partial charge in [-0.25, -0.2) is 4.79 Å². The molecule has 5 fully saturated rings. The van der Waals surface area contributed by atoms with Crippen LogP contribution in [0.1, 0.15) is 148 Å². The summed E-state index contributed by atoms with van der Waals surface area (Å²) in [6.45, 7) is 4.95. The molecule has 1 aromatic carbocycles. The van der Waals surface area contributed by atoms with Crippen molar-refractivity contribution < 1.29 is 80.5 Å². The zero-order valence-electron chi connectivity index (χ0n) is 58.2. The number of aliphatic hydroxyl groups excluding tert-OH is 1. The highest BCUT2D eigenvalue weighted by Gasteiger charge is 2.52. The summed E-state index contributed by atoms with van der Waals surface area (Å²) in [6, 6.07) is -6.09. The highest BCUT2D eigenvalue weighted by Crippen LogP contribution is 2.38. The molecule has 1 unspecified atom stereocenters. The number of hydrogen-bond acceptors (Lipinski definition) is 14. The molecule has 6 rings (SSSR count). The van der Waals surface area contributed by atoms with Crippen LogP contribution in [0.5, 0.6) is 0 Å². The molecule has 97 heavy (non-hydrogen) atoms. The van der Waals surface area contributed by atoms with E-state index in [9.17, 15) is 47.0 Å². The van der Waals surface area contributed by atoms with E-state index in [2.05, 4.69) is 16.0 Å². The number of piperidine rings is 1. The molecule has 30 heteroatoms. The zero-order chi connectivity index (χ0) is 72.0. The molecule has 2 saturated carbocycles. The molecular weight excluding hydrogens is 1290 g/mol. The van der Waals surface area contributed by atoms with Crippen LogP contribution in [-0.2, 0) is 70.1 Å². The van der Waals surface area contributed by atoms with Gasteiger partial charge in [0.15, 0.2) is 0 Å². The molecule has 542 valence electrons. The molecule has 0 aromatic heterocycles. The van der Waals surface area contributed by atoms with Crippen LogP contribution in [0.4, 0.5) is 18.0 Å². The summed E-state index contributed by atoms with van der Waals surface area (Å²) in [6.07, 6.45) is 0.237. The average molecular weight is 1390 g/mol. The second-order valence-electron chi connectivity index (χ2n) is 27.6. The third kappa shape index (κ3) is 20.0. The fraction of sp³-hybridized carbons (Fsp3) is 0.731. The quantitative estimate of drug-likeness (QED) is 0.232. The highest BCUT2D eigenvalue weighted by molar-refractivity contribution is 6.31. The van der Waals surface area contributed by atoms with E-state index in [4.69, 9.17) is 16.3 Å². The predicted molar refractivity (Wildman–Crippen MR) is 351 cm³/mol. The third-order valence-corrected chi connectivity index (χ3v) is 20.3. The van der Waals surface area contributed by atoms with Gasteiger partial charge in [0.05, 0.1) is 49.4 Å². The van der Waals surface area contributed by atoms with Crippen LogP contribution in [0.3, 0.4) is 0 Å². The van der Waals surface area contributed by atoms with Gasteiger partial charge in [-0.05, 0) is 99.7 Å². The van der Waals surface area contributed by atoms with E-state index in [1.54, 1.807) is 18.7 Å². The molecule has 1 spiro atoms. The van der Waals surface area contributed by atoms with E-state index in [-0.39, 0.29) is 63.2 Å². The number of likely N-dealkylation sites (N-methyl/N-ethyl adjacent to an activating group) is 7. The van der Waals surface area contributed by atoms with Crippen LogP contribution in [0.25, 0.3) is 0 Å². The minimum Gasteiger partial charge on any atom is -0.394 e. The number of alkyl halides is 3. The summed E-state index contributed by atoms with van der Waals surface area (Å²) < 4.78 is 47.4. The van der Waals surface area contributed by atoms with Gasteiger partial charge in [0.2, 0.25) is 65.0 Å². The topological polar surface area (TPSA) is 300 Å². The lowest BCUT2D eigenvalue weighted by molar-refractivity contribution is -0.157. The van der Waals surface area contributed by atoms with Crippen molar-refractivity contribution in [3.05, 3.63) is 34.3 Å². The van der Waals surface area contributed by atoms with Gasteiger partial charge in [0.1, 0.15) is 48.3 Å². The smallest absolute Gasteiger partial charge is 0.394 e. The first-order valence-corrected chi connectivity index (χ1v) is 34.4. The standard InChI is InChI=1S/C67H102ClF3N12O14/c1-12-42(4)56-62(93)76(6)39-54(87)75(5)40-55(88)80(10)65(96)77(7)38-52(85)72-48(26-24-43-23-25-46(47(68)34-43)67(69,70)71)60(91)83-37-45(97-32-31-84)35-50(83)59(90)74-66(27-17-18-28-66)64(95)81(11)57(44-21-15-13-16-22-44)63(94)79(9)51(61(92)82-29-19-14-20-30-82)36-53(86)78(8)49(33-41(2)3)58(89)73-56/h23,25,34,41-42,44-45,48-51,56-57,84H,12-22,24,26-33,35-40H2,1-11H3,(H,72,85)(H,73,89)(H,74,90)/t42-,45-,48-,49-,50-,51-,56-,57?/m0/s1. The monoisotopic (exact) mass is 1390 g/mol. The summed E-state index contributed by atoms with van der Waals surface area (Å²) >= 11 is 6.11. The largest absolute Gasteiger partial charge is 0.417 e. The lowest BCUT2D eigenvalue weighted by atomic mass is 9.81. The number of urea groups is 1. The maximum absolute atomic E-state index is 15.8. The summed E-state index contributed by atoms with van der Waals surface area (Å²) in [5, 5.41) is 17.7. The Hall–Kier alpha value is -7.14. The number of amides is 13. The average Bonchev–Trinajstić information content (AvgIpc) is 1.74. The van der Waals surface area contributed by atoms with Crippen molar-refractivity contribution >= 4 is 82.6 Å². The minimum atomic E-state index is -4.79. The van der Waals surface area contributed by atoms with Crippen molar-refractivity contribution in [2.24, 2.45) is 17.8 Å². The van der Waals surface area contributed by atoms with E-state index >= 15 is 28.8 Å².